The van der Waals surface area contributed by atoms with Crippen LogP contribution in [-0.4, -0.2) is 32.9 Å². The summed E-state index contributed by atoms with van der Waals surface area (Å²) in [5.74, 6) is 0.354. The Hall–Kier alpha value is -1.13. The fraction of sp³-hybridized carbons (Fsp3) is 0.625. The molecule has 0 fully saturated rings. The number of likely N-dealkylation sites (N-methyl/N-ethyl adjacent to an activating group) is 1. The van der Waals surface area contributed by atoms with Crippen LogP contribution in [0, 0.1) is 11.7 Å². The molecule has 0 bridgehead atoms. The monoisotopic (exact) mass is 283 g/mol. The first-order valence-corrected chi connectivity index (χ1v) is 7.14. The van der Waals surface area contributed by atoms with E-state index in [1.807, 2.05) is 20.0 Å². The predicted molar refractivity (Wildman–Crippen MR) is 79.8 cm³/mol. The van der Waals surface area contributed by atoms with Gasteiger partial charge < -0.3 is 14.8 Å². The molecular formula is C16H26FNO2. The van der Waals surface area contributed by atoms with Gasteiger partial charge in [-0.2, -0.15) is 0 Å². The Morgan fingerprint density at radius 3 is 2.45 bits per heavy atom. The van der Waals surface area contributed by atoms with Crippen LogP contribution >= 0.6 is 0 Å². The van der Waals surface area contributed by atoms with E-state index in [4.69, 9.17) is 9.47 Å². The van der Waals surface area contributed by atoms with Crippen LogP contribution in [0.2, 0.25) is 0 Å². The minimum absolute atomic E-state index is 0.107. The molecule has 0 spiro atoms. The average Bonchev–Trinajstić information content (AvgIpc) is 2.42. The lowest BCUT2D eigenvalue weighted by Crippen LogP contribution is -2.44. The van der Waals surface area contributed by atoms with Gasteiger partial charge in [0, 0.05) is 12.6 Å². The van der Waals surface area contributed by atoms with Crippen LogP contribution in [0.3, 0.4) is 0 Å². The van der Waals surface area contributed by atoms with E-state index < -0.39 is 0 Å². The first-order valence-electron chi connectivity index (χ1n) is 7.14. The number of hydrogen-bond donors (Lipinski definition) is 1. The Morgan fingerprint density at radius 1 is 1.30 bits per heavy atom. The molecule has 114 valence electrons. The van der Waals surface area contributed by atoms with Crippen molar-refractivity contribution in [3.8, 4) is 5.75 Å². The third kappa shape index (κ3) is 4.46. The van der Waals surface area contributed by atoms with Crippen molar-refractivity contribution in [2.75, 3.05) is 20.8 Å². The first kappa shape index (κ1) is 16.9. The molecule has 0 amide bonds. The van der Waals surface area contributed by atoms with Gasteiger partial charge in [0.15, 0.2) is 11.6 Å². The number of methoxy groups -OCH3 is 1. The number of halogens is 1. The van der Waals surface area contributed by atoms with E-state index in [1.165, 1.54) is 13.2 Å². The molecule has 0 aliphatic carbocycles. The Bertz CT molecular complexity index is 409. The second-order valence-electron chi connectivity index (χ2n) is 5.23. The highest BCUT2D eigenvalue weighted by Gasteiger charge is 2.24. The maximum atomic E-state index is 13.7. The van der Waals surface area contributed by atoms with E-state index in [9.17, 15) is 4.39 Å². The molecule has 0 aliphatic heterocycles. The molecule has 0 aliphatic rings. The number of ether oxygens (including phenoxy) is 2. The summed E-state index contributed by atoms with van der Waals surface area (Å²) >= 11 is 0. The quantitative estimate of drug-likeness (QED) is 0.795. The van der Waals surface area contributed by atoms with Crippen molar-refractivity contribution in [2.24, 2.45) is 5.92 Å². The highest BCUT2D eigenvalue weighted by Crippen LogP contribution is 2.21. The van der Waals surface area contributed by atoms with E-state index >= 15 is 0 Å². The topological polar surface area (TPSA) is 30.5 Å². The molecule has 4 heteroatoms. The molecule has 1 N–H and O–H groups in total. The Labute approximate surface area is 121 Å². The first-order chi connectivity index (χ1) is 9.53. The summed E-state index contributed by atoms with van der Waals surface area (Å²) in [7, 11) is 3.39. The molecule has 2 atom stereocenters. The van der Waals surface area contributed by atoms with Crippen molar-refractivity contribution in [1.82, 2.24) is 5.32 Å². The summed E-state index contributed by atoms with van der Waals surface area (Å²) in [6.45, 7) is 6.95. The molecule has 3 nitrogen and oxygen atoms in total. The van der Waals surface area contributed by atoms with E-state index in [1.54, 1.807) is 6.07 Å². The van der Waals surface area contributed by atoms with Crippen LogP contribution in [0.5, 0.6) is 5.75 Å². The minimum atomic E-state index is -0.322. The van der Waals surface area contributed by atoms with Crippen molar-refractivity contribution >= 4 is 0 Å². The molecular weight excluding hydrogens is 257 g/mol. The van der Waals surface area contributed by atoms with Crippen molar-refractivity contribution < 1.29 is 13.9 Å². The summed E-state index contributed by atoms with van der Waals surface area (Å²) in [5, 5.41) is 3.29. The number of nitrogens with one attached hydrogen (secondary N) is 1. The van der Waals surface area contributed by atoms with E-state index in [0.717, 1.165) is 12.0 Å². The summed E-state index contributed by atoms with van der Waals surface area (Å²) in [4.78, 5) is 0. The summed E-state index contributed by atoms with van der Waals surface area (Å²) in [6, 6.07) is 5.26. The second-order valence-corrected chi connectivity index (χ2v) is 5.23. The maximum Gasteiger partial charge on any atom is 0.165 e. The zero-order valence-electron chi connectivity index (χ0n) is 13.1. The van der Waals surface area contributed by atoms with E-state index in [0.29, 0.717) is 12.5 Å². The van der Waals surface area contributed by atoms with Gasteiger partial charge in [0.1, 0.15) is 0 Å². The number of rotatable bonds is 8. The fourth-order valence-corrected chi connectivity index (χ4v) is 2.44. The third-order valence-corrected chi connectivity index (χ3v) is 3.46. The normalized spacial score (nSPS) is 14.3. The molecule has 1 aromatic carbocycles. The van der Waals surface area contributed by atoms with Crippen molar-refractivity contribution in [3.05, 3.63) is 29.6 Å². The van der Waals surface area contributed by atoms with Crippen LogP contribution < -0.4 is 10.1 Å². The van der Waals surface area contributed by atoms with Crippen molar-refractivity contribution in [3.63, 3.8) is 0 Å². The number of hydrogen-bond acceptors (Lipinski definition) is 3. The van der Waals surface area contributed by atoms with Gasteiger partial charge in [0.2, 0.25) is 0 Å². The molecule has 0 heterocycles. The lowest BCUT2D eigenvalue weighted by molar-refractivity contribution is 0.00534. The van der Waals surface area contributed by atoms with Gasteiger partial charge in [-0.15, -0.1) is 0 Å². The van der Waals surface area contributed by atoms with Gasteiger partial charge in [-0.25, -0.2) is 4.39 Å². The zero-order valence-corrected chi connectivity index (χ0v) is 13.1. The van der Waals surface area contributed by atoms with Crippen LogP contribution in [0.15, 0.2) is 18.2 Å². The van der Waals surface area contributed by atoms with Crippen LogP contribution in [0.25, 0.3) is 0 Å². The molecule has 1 aromatic rings. The van der Waals surface area contributed by atoms with Crippen molar-refractivity contribution in [2.45, 2.75) is 39.3 Å². The predicted octanol–water partition coefficient (Wildman–Crippen LogP) is 3.03. The molecule has 20 heavy (non-hydrogen) atoms. The maximum absolute atomic E-state index is 13.7. The average molecular weight is 283 g/mol. The lowest BCUT2D eigenvalue weighted by atomic mass is 9.94. The summed E-state index contributed by atoms with van der Waals surface area (Å²) in [5.41, 5.74) is 0.938. The fourth-order valence-electron chi connectivity index (χ4n) is 2.44. The SMILES string of the molecule is CCOC(C(C)C)C(Cc1ccc(OC)c(F)c1)NC. The minimum Gasteiger partial charge on any atom is -0.494 e. The van der Waals surface area contributed by atoms with Crippen LogP contribution in [0.1, 0.15) is 26.3 Å². The largest absolute Gasteiger partial charge is 0.494 e. The highest BCUT2D eigenvalue weighted by molar-refractivity contribution is 5.29. The molecule has 1 rings (SSSR count). The molecule has 0 saturated carbocycles. The third-order valence-electron chi connectivity index (χ3n) is 3.46. The van der Waals surface area contributed by atoms with Crippen molar-refractivity contribution in [1.29, 1.82) is 0 Å². The zero-order chi connectivity index (χ0) is 15.1. The molecule has 0 radical (unpaired) electrons. The Balaban J connectivity index is 2.84. The van der Waals surface area contributed by atoms with E-state index in [2.05, 4.69) is 19.2 Å². The van der Waals surface area contributed by atoms with Gasteiger partial charge in [0.05, 0.1) is 13.2 Å². The van der Waals surface area contributed by atoms with Gasteiger partial charge in [-0.1, -0.05) is 19.9 Å². The van der Waals surface area contributed by atoms with Crippen LogP contribution in [0.4, 0.5) is 4.39 Å². The lowest BCUT2D eigenvalue weighted by Gasteiger charge is -2.30. The van der Waals surface area contributed by atoms with Crippen LogP contribution in [-0.2, 0) is 11.2 Å². The van der Waals surface area contributed by atoms with Gasteiger partial charge in [-0.05, 0) is 44.0 Å². The van der Waals surface area contributed by atoms with Gasteiger partial charge in [-0.3, -0.25) is 0 Å². The second kappa shape index (κ2) is 8.22. The van der Waals surface area contributed by atoms with E-state index in [-0.39, 0.29) is 23.7 Å². The Morgan fingerprint density at radius 2 is 2.00 bits per heavy atom. The number of benzene rings is 1. The van der Waals surface area contributed by atoms with Gasteiger partial charge in [0.25, 0.3) is 0 Å². The molecule has 0 saturated heterocycles. The summed E-state index contributed by atoms with van der Waals surface area (Å²) < 4.78 is 24.5. The summed E-state index contributed by atoms with van der Waals surface area (Å²) in [6.07, 6.45) is 0.829. The molecule has 0 aromatic heterocycles. The standard InChI is InChI=1S/C16H26FNO2/c1-6-20-16(11(2)3)14(18-4)10-12-7-8-15(19-5)13(17)9-12/h7-9,11,14,16,18H,6,10H2,1-5H3. The smallest absolute Gasteiger partial charge is 0.165 e. The molecule has 2 unspecified atom stereocenters. The highest BCUT2D eigenvalue weighted by atomic mass is 19.1. The Kier molecular flexibility index (Phi) is 6.96. The van der Waals surface area contributed by atoms with Gasteiger partial charge >= 0.3 is 0 Å².